The summed E-state index contributed by atoms with van der Waals surface area (Å²) in [5.74, 6) is -1.34. The average molecular weight is 512 g/mol. The Morgan fingerprint density at radius 1 is 0.889 bits per heavy atom. The first-order valence-corrected chi connectivity index (χ1v) is 13.4. The molecule has 0 aliphatic carbocycles. The van der Waals surface area contributed by atoms with E-state index < -0.39 is 34.3 Å². The van der Waals surface area contributed by atoms with Crippen molar-refractivity contribution in [2.75, 3.05) is 23.7 Å². The van der Waals surface area contributed by atoms with E-state index in [1.54, 1.807) is 49.4 Å². The molecule has 0 bridgehead atoms. The topological polar surface area (TPSA) is 86.8 Å². The minimum Gasteiger partial charge on any atom is -0.355 e. The van der Waals surface area contributed by atoms with Crippen molar-refractivity contribution in [3.8, 4) is 0 Å². The van der Waals surface area contributed by atoms with E-state index in [2.05, 4.69) is 5.32 Å². The summed E-state index contributed by atoms with van der Waals surface area (Å²) < 4.78 is 39.8. The van der Waals surface area contributed by atoms with Crippen molar-refractivity contribution in [3.05, 3.63) is 102 Å². The van der Waals surface area contributed by atoms with E-state index in [1.807, 2.05) is 30.3 Å². The second kappa shape index (κ2) is 12.3. The van der Waals surface area contributed by atoms with Gasteiger partial charge in [0.2, 0.25) is 21.8 Å². The molecule has 7 nitrogen and oxygen atoms in total. The molecule has 36 heavy (non-hydrogen) atoms. The highest BCUT2D eigenvalue weighted by atomic mass is 32.2. The summed E-state index contributed by atoms with van der Waals surface area (Å²) in [4.78, 5) is 28.3. The van der Waals surface area contributed by atoms with E-state index in [-0.39, 0.29) is 18.9 Å². The molecule has 1 atom stereocenters. The molecule has 0 radical (unpaired) electrons. The van der Waals surface area contributed by atoms with Crippen molar-refractivity contribution in [1.29, 1.82) is 0 Å². The maximum absolute atomic E-state index is 13.8. The third-order valence-corrected chi connectivity index (χ3v) is 6.75. The van der Waals surface area contributed by atoms with Gasteiger partial charge in [0.25, 0.3) is 0 Å². The number of likely N-dealkylation sites (N-methyl/N-ethyl adjacent to an activating group) is 1. The number of carbonyl (C=O) groups excluding carboxylic acids is 2. The number of anilines is 1. The van der Waals surface area contributed by atoms with Crippen molar-refractivity contribution >= 4 is 27.5 Å². The molecule has 3 aromatic rings. The normalized spacial score (nSPS) is 12.0. The van der Waals surface area contributed by atoms with Gasteiger partial charge in [-0.1, -0.05) is 60.7 Å². The molecule has 0 unspecified atom stereocenters. The van der Waals surface area contributed by atoms with Crippen LogP contribution in [0.3, 0.4) is 0 Å². The Hall–Kier alpha value is -3.72. The molecule has 3 rings (SSSR count). The molecule has 0 aliphatic heterocycles. The average Bonchev–Trinajstić information content (AvgIpc) is 2.86. The molecule has 0 spiro atoms. The van der Waals surface area contributed by atoms with Gasteiger partial charge in [0, 0.05) is 19.5 Å². The van der Waals surface area contributed by atoms with Crippen LogP contribution in [-0.2, 0) is 32.6 Å². The fourth-order valence-electron chi connectivity index (χ4n) is 3.84. The van der Waals surface area contributed by atoms with Crippen LogP contribution in [0.25, 0.3) is 0 Å². The molecule has 0 saturated carbocycles. The highest BCUT2D eigenvalue weighted by molar-refractivity contribution is 7.92. The van der Waals surface area contributed by atoms with E-state index in [0.717, 1.165) is 16.1 Å². The van der Waals surface area contributed by atoms with Crippen LogP contribution in [0, 0.1) is 5.82 Å². The van der Waals surface area contributed by atoms with E-state index >= 15 is 0 Å². The van der Waals surface area contributed by atoms with E-state index in [1.165, 1.54) is 17.0 Å². The number of amides is 2. The summed E-state index contributed by atoms with van der Waals surface area (Å²) in [6.07, 6.45) is 1.26. The van der Waals surface area contributed by atoms with Gasteiger partial charge in [-0.05, 0) is 42.3 Å². The van der Waals surface area contributed by atoms with Crippen molar-refractivity contribution in [2.45, 2.75) is 25.9 Å². The first kappa shape index (κ1) is 26.9. The lowest BCUT2D eigenvalue weighted by Gasteiger charge is -2.33. The lowest BCUT2D eigenvalue weighted by atomic mass is 10.0. The molecule has 2 amide bonds. The van der Waals surface area contributed by atoms with Gasteiger partial charge in [0.05, 0.1) is 11.9 Å². The molecule has 0 heterocycles. The van der Waals surface area contributed by atoms with Gasteiger partial charge < -0.3 is 10.2 Å². The van der Waals surface area contributed by atoms with Crippen LogP contribution in [0.15, 0.2) is 84.9 Å². The first-order chi connectivity index (χ1) is 17.2. The summed E-state index contributed by atoms with van der Waals surface area (Å²) in [5.41, 5.74) is 1.79. The predicted molar refractivity (Wildman–Crippen MR) is 138 cm³/mol. The quantitative estimate of drug-likeness (QED) is 0.428. The number of para-hydroxylation sites is 1. The molecule has 0 fully saturated rings. The molecular weight excluding hydrogens is 481 g/mol. The van der Waals surface area contributed by atoms with Crippen molar-refractivity contribution in [3.63, 3.8) is 0 Å². The molecule has 1 N–H and O–H groups in total. The highest BCUT2D eigenvalue weighted by Gasteiger charge is 2.32. The minimum atomic E-state index is -3.80. The number of nitrogens with one attached hydrogen (secondary N) is 1. The standard InChI is InChI=1S/C27H30FN3O4S/c1-3-29-27(33)25(18-21-10-6-4-7-11-21)30(19-22-14-16-23(28)17-15-22)26(32)20-31(36(2,34)35)24-12-8-5-9-13-24/h4-17,25H,3,18-20H2,1-2H3,(H,29,33)/t25-/m0/s1. The third-order valence-electron chi connectivity index (χ3n) is 5.61. The van der Waals surface area contributed by atoms with Gasteiger partial charge in [0.15, 0.2) is 0 Å². The highest BCUT2D eigenvalue weighted by Crippen LogP contribution is 2.20. The summed E-state index contributed by atoms with van der Waals surface area (Å²) >= 11 is 0. The maximum atomic E-state index is 13.8. The number of hydrogen-bond acceptors (Lipinski definition) is 4. The van der Waals surface area contributed by atoms with Gasteiger partial charge in [-0.2, -0.15) is 0 Å². The Morgan fingerprint density at radius 2 is 1.47 bits per heavy atom. The Balaban J connectivity index is 2.01. The second-order valence-corrected chi connectivity index (χ2v) is 10.3. The molecular formula is C27H30FN3O4S. The Labute approximate surface area is 211 Å². The Kier molecular flexibility index (Phi) is 9.19. The molecule has 190 valence electrons. The van der Waals surface area contributed by atoms with Crippen LogP contribution in [0.4, 0.5) is 10.1 Å². The summed E-state index contributed by atoms with van der Waals surface area (Å²) in [6, 6.07) is 22.3. The zero-order chi connectivity index (χ0) is 26.1. The van der Waals surface area contributed by atoms with Crippen LogP contribution in [0.5, 0.6) is 0 Å². The van der Waals surface area contributed by atoms with Crippen molar-refractivity contribution in [2.24, 2.45) is 0 Å². The minimum absolute atomic E-state index is 0.000138. The fraction of sp³-hybridized carbons (Fsp3) is 0.259. The number of halogens is 1. The van der Waals surface area contributed by atoms with E-state index in [0.29, 0.717) is 17.8 Å². The summed E-state index contributed by atoms with van der Waals surface area (Å²) in [5, 5.41) is 2.79. The monoisotopic (exact) mass is 511 g/mol. The van der Waals surface area contributed by atoms with Crippen LogP contribution in [-0.4, -0.2) is 50.5 Å². The van der Waals surface area contributed by atoms with E-state index in [9.17, 15) is 22.4 Å². The Morgan fingerprint density at radius 3 is 2.03 bits per heavy atom. The van der Waals surface area contributed by atoms with Crippen molar-refractivity contribution < 1.29 is 22.4 Å². The number of benzene rings is 3. The number of sulfonamides is 1. The van der Waals surface area contributed by atoms with Crippen molar-refractivity contribution in [1.82, 2.24) is 10.2 Å². The van der Waals surface area contributed by atoms with Gasteiger partial charge in [-0.15, -0.1) is 0 Å². The molecule has 9 heteroatoms. The number of nitrogens with zero attached hydrogens (tertiary/aromatic N) is 2. The first-order valence-electron chi connectivity index (χ1n) is 11.6. The van der Waals surface area contributed by atoms with Gasteiger partial charge in [-0.3, -0.25) is 13.9 Å². The molecule has 0 aliphatic rings. The fourth-order valence-corrected chi connectivity index (χ4v) is 4.69. The lowest BCUT2D eigenvalue weighted by Crippen LogP contribution is -2.53. The van der Waals surface area contributed by atoms with Gasteiger partial charge >= 0.3 is 0 Å². The van der Waals surface area contributed by atoms with Crippen LogP contribution in [0.2, 0.25) is 0 Å². The summed E-state index contributed by atoms with van der Waals surface area (Å²) in [6.45, 7) is 1.65. The smallest absolute Gasteiger partial charge is 0.244 e. The molecule has 0 saturated heterocycles. The number of hydrogen-bond donors (Lipinski definition) is 1. The number of carbonyl (C=O) groups is 2. The molecule has 3 aromatic carbocycles. The van der Waals surface area contributed by atoms with E-state index in [4.69, 9.17) is 0 Å². The van der Waals surface area contributed by atoms with Crippen LogP contribution in [0.1, 0.15) is 18.1 Å². The zero-order valence-electron chi connectivity index (χ0n) is 20.3. The third kappa shape index (κ3) is 7.39. The number of rotatable bonds is 11. The largest absolute Gasteiger partial charge is 0.355 e. The lowest BCUT2D eigenvalue weighted by molar-refractivity contribution is -0.140. The van der Waals surface area contributed by atoms with Crippen LogP contribution < -0.4 is 9.62 Å². The van der Waals surface area contributed by atoms with Crippen LogP contribution >= 0.6 is 0 Å². The Bertz CT molecular complexity index is 1250. The zero-order valence-corrected chi connectivity index (χ0v) is 21.1. The molecule has 0 aromatic heterocycles. The van der Waals surface area contributed by atoms with Gasteiger partial charge in [0.1, 0.15) is 18.4 Å². The van der Waals surface area contributed by atoms with Gasteiger partial charge in [-0.25, -0.2) is 12.8 Å². The summed E-state index contributed by atoms with van der Waals surface area (Å²) in [7, 11) is -3.80. The SMILES string of the molecule is CCNC(=O)[C@H](Cc1ccccc1)N(Cc1ccc(F)cc1)C(=O)CN(c1ccccc1)S(C)(=O)=O. The predicted octanol–water partition coefficient (Wildman–Crippen LogP) is 3.37. The second-order valence-electron chi connectivity index (χ2n) is 8.35. The maximum Gasteiger partial charge on any atom is 0.244 e.